The van der Waals surface area contributed by atoms with Gasteiger partial charge >= 0.3 is 0 Å². The average molecular weight is 375 g/mol. The summed E-state index contributed by atoms with van der Waals surface area (Å²) in [5, 5.41) is 0.482. The Bertz CT molecular complexity index is 899. The fraction of sp³-hybridized carbons (Fsp3) is 0.389. The van der Waals surface area contributed by atoms with Crippen molar-refractivity contribution in [3.63, 3.8) is 0 Å². The molecule has 1 aliphatic rings. The summed E-state index contributed by atoms with van der Waals surface area (Å²) >= 11 is 6.15. The Morgan fingerprint density at radius 2 is 1.92 bits per heavy atom. The molecule has 2 aromatic heterocycles. The van der Waals surface area contributed by atoms with Crippen molar-refractivity contribution in [1.29, 1.82) is 0 Å². The highest BCUT2D eigenvalue weighted by molar-refractivity contribution is 6.31. The summed E-state index contributed by atoms with van der Waals surface area (Å²) in [6.45, 7) is 6.63. The van der Waals surface area contributed by atoms with Gasteiger partial charge in [-0.1, -0.05) is 17.7 Å². The first kappa shape index (κ1) is 17.2. The lowest BCUT2D eigenvalue weighted by atomic mass is 10.2. The summed E-state index contributed by atoms with van der Waals surface area (Å²) in [5.74, 6) is 0.619. The first-order valence-corrected chi connectivity index (χ1v) is 9.11. The molecule has 3 heterocycles. The number of hydrogen-bond donors (Lipinski definition) is 0. The number of fused-ring (bicyclic) bond motifs is 1. The maximum Gasteiger partial charge on any atom is 0.165 e. The van der Waals surface area contributed by atoms with Gasteiger partial charge in [0.2, 0.25) is 0 Å². The molecular formula is C18H20ClFN6. The van der Waals surface area contributed by atoms with Crippen LogP contribution in [0, 0.1) is 5.82 Å². The zero-order valence-corrected chi connectivity index (χ0v) is 15.3. The number of anilines is 1. The standard InChI is InChI=1S/C18H20ClFN6/c1-2-25-12-23-16-17(25)21-11-22-18(16)26-8-6-24(7-9-26)10-13-14(19)4-3-5-15(13)20/h3-5,11-12H,2,6-10H2,1H3. The van der Waals surface area contributed by atoms with Crippen molar-refractivity contribution in [3.8, 4) is 0 Å². The summed E-state index contributed by atoms with van der Waals surface area (Å²) < 4.78 is 16.0. The molecule has 0 aliphatic carbocycles. The van der Waals surface area contributed by atoms with Crippen molar-refractivity contribution in [3.05, 3.63) is 47.3 Å². The fourth-order valence-electron chi connectivity index (χ4n) is 3.36. The second kappa shape index (κ2) is 7.17. The van der Waals surface area contributed by atoms with E-state index in [1.165, 1.54) is 6.07 Å². The van der Waals surface area contributed by atoms with Gasteiger partial charge in [0.15, 0.2) is 17.0 Å². The van der Waals surface area contributed by atoms with Gasteiger partial charge in [-0.05, 0) is 19.1 Å². The molecule has 26 heavy (non-hydrogen) atoms. The Hall–Kier alpha value is -2.25. The molecular weight excluding hydrogens is 355 g/mol. The number of hydrogen-bond acceptors (Lipinski definition) is 5. The Labute approximate surface area is 156 Å². The van der Waals surface area contributed by atoms with Crippen molar-refractivity contribution in [2.24, 2.45) is 0 Å². The van der Waals surface area contributed by atoms with E-state index >= 15 is 0 Å². The van der Waals surface area contributed by atoms with Crippen molar-refractivity contribution in [2.75, 3.05) is 31.1 Å². The van der Waals surface area contributed by atoms with Gasteiger partial charge in [-0.25, -0.2) is 19.3 Å². The largest absolute Gasteiger partial charge is 0.352 e. The minimum atomic E-state index is -0.248. The zero-order valence-electron chi connectivity index (χ0n) is 14.6. The van der Waals surface area contributed by atoms with Crippen LogP contribution in [0.5, 0.6) is 0 Å². The van der Waals surface area contributed by atoms with Crippen molar-refractivity contribution < 1.29 is 4.39 Å². The van der Waals surface area contributed by atoms with Crippen molar-refractivity contribution in [2.45, 2.75) is 20.0 Å². The van der Waals surface area contributed by atoms with Crippen LogP contribution < -0.4 is 4.90 Å². The lowest BCUT2D eigenvalue weighted by molar-refractivity contribution is 0.246. The van der Waals surface area contributed by atoms with Gasteiger partial charge in [0.1, 0.15) is 12.1 Å². The van der Waals surface area contributed by atoms with Gasteiger partial charge in [-0.15, -0.1) is 0 Å². The fourth-order valence-corrected chi connectivity index (χ4v) is 3.58. The van der Waals surface area contributed by atoms with E-state index in [1.807, 2.05) is 4.57 Å². The summed E-state index contributed by atoms with van der Waals surface area (Å²) in [7, 11) is 0. The lowest BCUT2D eigenvalue weighted by Crippen LogP contribution is -2.46. The molecule has 0 bridgehead atoms. The highest BCUT2D eigenvalue weighted by atomic mass is 35.5. The van der Waals surface area contributed by atoms with Crippen LogP contribution in [0.25, 0.3) is 11.2 Å². The van der Waals surface area contributed by atoms with Gasteiger partial charge in [-0.2, -0.15) is 0 Å². The zero-order chi connectivity index (χ0) is 18.1. The molecule has 136 valence electrons. The molecule has 0 unspecified atom stereocenters. The van der Waals surface area contributed by atoms with E-state index in [4.69, 9.17) is 11.6 Å². The summed E-state index contributed by atoms with van der Waals surface area (Å²) in [6, 6.07) is 4.83. The SMILES string of the molecule is CCn1cnc2c(N3CCN(Cc4c(F)cccc4Cl)CC3)ncnc21. The van der Waals surface area contributed by atoms with Crippen LogP contribution in [-0.2, 0) is 13.1 Å². The molecule has 0 radical (unpaired) electrons. The van der Waals surface area contributed by atoms with Crippen LogP contribution in [0.3, 0.4) is 0 Å². The predicted molar refractivity (Wildman–Crippen MR) is 99.9 cm³/mol. The van der Waals surface area contributed by atoms with E-state index in [2.05, 4.69) is 31.7 Å². The maximum atomic E-state index is 14.0. The van der Waals surface area contributed by atoms with E-state index in [0.29, 0.717) is 17.1 Å². The smallest absolute Gasteiger partial charge is 0.165 e. The Morgan fingerprint density at radius 3 is 2.65 bits per heavy atom. The lowest BCUT2D eigenvalue weighted by Gasteiger charge is -2.35. The monoisotopic (exact) mass is 374 g/mol. The van der Waals surface area contributed by atoms with Crippen LogP contribution in [0.2, 0.25) is 5.02 Å². The van der Waals surface area contributed by atoms with Crippen LogP contribution >= 0.6 is 11.6 Å². The van der Waals surface area contributed by atoms with Gasteiger partial charge in [0.25, 0.3) is 0 Å². The third-order valence-electron chi connectivity index (χ3n) is 4.84. The number of aryl methyl sites for hydroxylation is 1. The molecule has 1 aliphatic heterocycles. The first-order chi connectivity index (χ1) is 12.7. The number of piperazine rings is 1. The molecule has 8 heteroatoms. The summed E-state index contributed by atoms with van der Waals surface area (Å²) in [6.07, 6.45) is 3.40. The van der Waals surface area contributed by atoms with E-state index in [9.17, 15) is 4.39 Å². The predicted octanol–water partition coefficient (Wildman–Crippen LogP) is 2.96. The number of imidazole rings is 1. The van der Waals surface area contributed by atoms with Gasteiger partial charge in [0.05, 0.1) is 6.33 Å². The Kier molecular flexibility index (Phi) is 4.74. The molecule has 0 saturated carbocycles. The van der Waals surface area contributed by atoms with Gasteiger partial charge in [0, 0.05) is 49.9 Å². The van der Waals surface area contributed by atoms with Gasteiger partial charge < -0.3 is 9.47 Å². The number of nitrogens with zero attached hydrogens (tertiary/aromatic N) is 6. The highest BCUT2D eigenvalue weighted by Gasteiger charge is 2.22. The molecule has 0 atom stereocenters. The van der Waals surface area contributed by atoms with Crippen molar-refractivity contribution in [1.82, 2.24) is 24.4 Å². The van der Waals surface area contributed by atoms with Crippen LogP contribution in [0.1, 0.15) is 12.5 Å². The van der Waals surface area contributed by atoms with Crippen LogP contribution in [0.4, 0.5) is 10.2 Å². The average Bonchev–Trinajstić information content (AvgIpc) is 3.09. The minimum Gasteiger partial charge on any atom is -0.352 e. The van der Waals surface area contributed by atoms with Crippen LogP contribution in [-0.4, -0.2) is 50.6 Å². The third kappa shape index (κ3) is 3.12. The second-order valence-corrected chi connectivity index (χ2v) is 6.77. The molecule has 1 saturated heterocycles. The van der Waals surface area contributed by atoms with Gasteiger partial charge in [-0.3, -0.25) is 4.90 Å². The topological polar surface area (TPSA) is 50.1 Å². The molecule has 4 rings (SSSR count). The minimum absolute atomic E-state index is 0.248. The molecule has 3 aromatic rings. The maximum absolute atomic E-state index is 14.0. The van der Waals surface area contributed by atoms with E-state index < -0.39 is 0 Å². The normalized spacial score (nSPS) is 15.7. The van der Waals surface area contributed by atoms with Crippen molar-refractivity contribution >= 4 is 28.6 Å². The molecule has 0 spiro atoms. The number of benzene rings is 1. The quantitative estimate of drug-likeness (QED) is 0.702. The molecule has 1 fully saturated rings. The molecule has 6 nitrogen and oxygen atoms in total. The van der Waals surface area contributed by atoms with E-state index in [1.54, 1.807) is 24.8 Å². The van der Waals surface area contributed by atoms with E-state index in [0.717, 1.165) is 49.7 Å². The molecule has 0 amide bonds. The third-order valence-corrected chi connectivity index (χ3v) is 5.19. The Balaban J connectivity index is 1.48. The number of aromatic nitrogens is 4. The number of rotatable bonds is 4. The summed E-state index contributed by atoms with van der Waals surface area (Å²) in [5.41, 5.74) is 2.26. The molecule has 1 aromatic carbocycles. The van der Waals surface area contributed by atoms with E-state index in [-0.39, 0.29) is 5.82 Å². The first-order valence-electron chi connectivity index (χ1n) is 8.73. The number of halogens is 2. The highest BCUT2D eigenvalue weighted by Crippen LogP contribution is 2.24. The summed E-state index contributed by atoms with van der Waals surface area (Å²) in [4.78, 5) is 17.7. The van der Waals surface area contributed by atoms with Crippen LogP contribution in [0.15, 0.2) is 30.9 Å². The Morgan fingerprint density at radius 1 is 1.12 bits per heavy atom. The second-order valence-electron chi connectivity index (χ2n) is 6.36. The molecule has 0 N–H and O–H groups in total.